The molecule has 0 atom stereocenters. The van der Waals surface area contributed by atoms with Gasteiger partial charge in [0.05, 0.1) is 17.1 Å². The molecule has 0 saturated heterocycles. The molecule has 0 radical (unpaired) electrons. The second-order valence-corrected chi connectivity index (χ2v) is 6.37. The average molecular weight is 273 g/mol. The summed E-state index contributed by atoms with van der Waals surface area (Å²) < 4.78 is 0. The summed E-state index contributed by atoms with van der Waals surface area (Å²) in [6, 6.07) is 9.84. The Morgan fingerprint density at radius 2 is 2.05 bits per heavy atom. The van der Waals surface area contributed by atoms with E-state index in [-0.39, 0.29) is 11.8 Å². The number of rotatable bonds is 4. The highest BCUT2D eigenvalue weighted by atomic mass is 32.1. The monoisotopic (exact) mass is 273 g/mol. The van der Waals surface area contributed by atoms with Gasteiger partial charge in [-0.25, -0.2) is 4.98 Å². The van der Waals surface area contributed by atoms with Crippen LogP contribution in [-0.2, 0) is 16.6 Å². The quantitative estimate of drug-likeness (QED) is 0.927. The summed E-state index contributed by atoms with van der Waals surface area (Å²) in [6.07, 6.45) is 2.36. The molecule has 2 aromatic rings. The topological polar surface area (TPSA) is 50.2 Å². The molecule has 4 heteroatoms. The third kappa shape index (κ3) is 2.40. The first-order valence-electron chi connectivity index (χ1n) is 6.36. The molecule has 19 heavy (non-hydrogen) atoms. The molecule has 1 heterocycles. The van der Waals surface area contributed by atoms with Crippen molar-refractivity contribution in [2.24, 2.45) is 0 Å². The van der Waals surface area contributed by atoms with Crippen LogP contribution in [0.3, 0.4) is 0 Å². The number of nitrogens with zero attached hydrogens (tertiary/aromatic N) is 1. The smallest absolute Gasteiger partial charge is 0.308 e. The SMILES string of the molecule is CC1(c2nc(-c3ccccc3)c(CC(=O)O)s2)CC1. The lowest BCUT2D eigenvalue weighted by Crippen LogP contribution is -1.99. The Balaban J connectivity index is 2.06. The maximum absolute atomic E-state index is 11.0. The van der Waals surface area contributed by atoms with Crippen molar-refractivity contribution in [2.75, 3.05) is 0 Å². The van der Waals surface area contributed by atoms with E-state index in [1.807, 2.05) is 30.3 Å². The van der Waals surface area contributed by atoms with Crippen LogP contribution in [0.2, 0.25) is 0 Å². The zero-order valence-corrected chi connectivity index (χ0v) is 11.5. The summed E-state index contributed by atoms with van der Waals surface area (Å²) in [5.41, 5.74) is 2.03. The first-order chi connectivity index (χ1) is 9.08. The predicted octanol–water partition coefficient (Wildman–Crippen LogP) is 3.49. The highest BCUT2D eigenvalue weighted by Crippen LogP contribution is 2.50. The molecule has 1 aromatic carbocycles. The molecule has 1 aliphatic carbocycles. The van der Waals surface area contributed by atoms with Crippen molar-refractivity contribution >= 4 is 17.3 Å². The molecule has 0 bridgehead atoms. The number of carbonyl (C=O) groups is 1. The molecule has 0 aliphatic heterocycles. The van der Waals surface area contributed by atoms with E-state index < -0.39 is 5.97 Å². The average Bonchev–Trinajstić information content (AvgIpc) is 3.00. The van der Waals surface area contributed by atoms with Gasteiger partial charge < -0.3 is 5.11 Å². The van der Waals surface area contributed by atoms with Crippen molar-refractivity contribution in [3.63, 3.8) is 0 Å². The number of aromatic nitrogens is 1. The summed E-state index contributed by atoms with van der Waals surface area (Å²) in [5, 5.41) is 10.1. The Hall–Kier alpha value is -1.68. The fourth-order valence-corrected chi connectivity index (χ4v) is 3.37. The van der Waals surface area contributed by atoms with Crippen molar-refractivity contribution in [3.05, 3.63) is 40.2 Å². The molecular formula is C15H15NO2S. The summed E-state index contributed by atoms with van der Waals surface area (Å²) in [4.78, 5) is 16.6. The number of hydrogen-bond donors (Lipinski definition) is 1. The largest absolute Gasteiger partial charge is 0.481 e. The van der Waals surface area contributed by atoms with Gasteiger partial charge in [-0.15, -0.1) is 11.3 Å². The fourth-order valence-electron chi connectivity index (χ4n) is 2.09. The Morgan fingerprint density at radius 3 is 2.63 bits per heavy atom. The lowest BCUT2D eigenvalue weighted by atomic mass is 10.1. The summed E-state index contributed by atoms with van der Waals surface area (Å²) >= 11 is 1.56. The highest BCUT2D eigenvalue weighted by molar-refractivity contribution is 7.12. The Bertz CT molecular complexity index is 614. The van der Waals surface area contributed by atoms with Crippen LogP contribution in [-0.4, -0.2) is 16.1 Å². The number of thiazole rings is 1. The van der Waals surface area contributed by atoms with E-state index in [9.17, 15) is 4.79 Å². The predicted molar refractivity (Wildman–Crippen MR) is 75.5 cm³/mol. The van der Waals surface area contributed by atoms with E-state index in [4.69, 9.17) is 10.1 Å². The third-order valence-corrected chi connectivity index (χ3v) is 4.93. The zero-order valence-electron chi connectivity index (χ0n) is 10.7. The molecule has 98 valence electrons. The molecular weight excluding hydrogens is 258 g/mol. The molecule has 0 amide bonds. The first-order valence-corrected chi connectivity index (χ1v) is 7.17. The van der Waals surface area contributed by atoms with Crippen LogP contribution in [0, 0.1) is 0 Å². The lowest BCUT2D eigenvalue weighted by Gasteiger charge is -2.01. The van der Waals surface area contributed by atoms with Crippen LogP contribution >= 0.6 is 11.3 Å². The minimum Gasteiger partial charge on any atom is -0.481 e. The molecule has 0 spiro atoms. The summed E-state index contributed by atoms with van der Waals surface area (Å²) in [7, 11) is 0. The first kappa shape index (κ1) is 12.4. The van der Waals surface area contributed by atoms with Crippen LogP contribution in [0.15, 0.2) is 30.3 Å². The molecule has 1 fully saturated rings. The minimum absolute atomic E-state index is 0.0535. The summed E-state index contributed by atoms with van der Waals surface area (Å²) in [6.45, 7) is 2.20. The number of hydrogen-bond acceptors (Lipinski definition) is 3. The maximum atomic E-state index is 11.0. The van der Waals surface area contributed by atoms with Gasteiger partial charge in [-0.2, -0.15) is 0 Å². The minimum atomic E-state index is -0.798. The lowest BCUT2D eigenvalue weighted by molar-refractivity contribution is -0.136. The second-order valence-electron chi connectivity index (χ2n) is 5.29. The van der Waals surface area contributed by atoms with Gasteiger partial charge >= 0.3 is 5.97 Å². The third-order valence-electron chi connectivity index (χ3n) is 3.57. The van der Waals surface area contributed by atoms with Gasteiger partial charge in [0.15, 0.2) is 0 Å². The van der Waals surface area contributed by atoms with Gasteiger partial charge in [-0.3, -0.25) is 4.79 Å². The molecule has 1 N–H and O–H groups in total. The molecule has 0 unspecified atom stereocenters. The molecule has 3 rings (SSSR count). The number of benzene rings is 1. The molecule has 1 saturated carbocycles. The van der Waals surface area contributed by atoms with Crippen molar-refractivity contribution < 1.29 is 9.90 Å². The van der Waals surface area contributed by atoms with Gasteiger partial charge in [-0.05, 0) is 12.8 Å². The Labute approximate surface area is 115 Å². The normalized spacial score (nSPS) is 16.3. The van der Waals surface area contributed by atoms with Crippen molar-refractivity contribution in [1.29, 1.82) is 0 Å². The van der Waals surface area contributed by atoms with Crippen molar-refractivity contribution in [1.82, 2.24) is 4.98 Å². The van der Waals surface area contributed by atoms with Gasteiger partial charge in [0.25, 0.3) is 0 Å². The van der Waals surface area contributed by atoms with Crippen LogP contribution in [0.1, 0.15) is 29.7 Å². The summed E-state index contributed by atoms with van der Waals surface area (Å²) in [5.74, 6) is -0.798. The highest BCUT2D eigenvalue weighted by Gasteiger charge is 2.42. The van der Waals surface area contributed by atoms with E-state index in [1.54, 1.807) is 11.3 Å². The van der Waals surface area contributed by atoms with Gasteiger partial charge in [-0.1, -0.05) is 37.3 Å². The second kappa shape index (κ2) is 4.46. The molecule has 1 aromatic heterocycles. The Morgan fingerprint density at radius 1 is 1.37 bits per heavy atom. The Kier molecular flexibility index (Phi) is 2.90. The van der Waals surface area contributed by atoms with Crippen LogP contribution in [0.4, 0.5) is 0 Å². The number of aliphatic carboxylic acids is 1. The van der Waals surface area contributed by atoms with Crippen molar-refractivity contribution in [3.8, 4) is 11.3 Å². The molecule has 3 nitrogen and oxygen atoms in total. The molecule has 1 aliphatic rings. The van der Waals surface area contributed by atoms with Crippen LogP contribution in [0.5, 0.6) is 0 Å². The fraction of sp³-hybridized carbons (Fsp3) is 0.333. The van der Waals surface area contributed by atoms with E-state index >= 15 is 0 Å². The van der Waals surface area contributed by atoms with Crippen LogP contribution in [0.25, 0.3) is 11.3 Å². The van der Waals surface area contributed by atoms with Gasteiger partial charge in [0, 0.05) is 15.9 Å². The van der Waals surface area contributed by atoms with Gasteiger partial charge in [0.2, 0.25) is 0 Å². The van der Waals surface area contributed by atoms with Crippen LogP contribution < -0.4 is 0 Å². The van der Waals surface area contributed by atoms with E-state index in [2.05, 4.69) is 6.92 Å². The van der Waals surface area contributed by atoms with E-state index in [1.165, 1.54) is 0 Å². The number of carboxylic acid groups (broad SMARTS) is 1. The van der Waals surface area contributed by atoms with E-state index in [0.717, 1.165) is 34.0 Å². The van der Waals surface area contributed by atoms with Crippen molar-refractivity contribution in [2.45, 2.75) is 31.6 Å². The van der Waals surface area contributed by atoms with E-state index in [0.29, 0.717) is 0 Å². The zero-order chi connectivity index (χ0) is 13.5. The standard InChI is InChI=1S/C15H15NO2S/c1-15(7-8-15)14-16-13(10-5-3-2-4-6-10)11(19-14)9-12(17)18/h2-6H,7-9H2,1H3,(H,17,18). The van der Waals surface area contributed by atoms with Gasteiger partial charge in [0.1, 0.15) is 0 Å². The number of carboxylic acids is 1. The maximum Gasteiger partial charge on any atom is 0.308 e.